The van der Waals surface area contributed by atoms with E-state index >= 15 is 0 Å². The van der Waals surface area contributed by atoms with E-state index in [1.54, 1.807) is 0 Å². The summed E-state index contributed by atoms with van der Waals surface area (Å²) in [5, 5.41) is 4.92. The lowest BCUT2D eigenvalue weighted by Crippen LogP contribution is -2.23. The van der Waals surface area contributed by atoms with Crippen LogP contribution in [0.2, 0.25) is 5.02 Å². The van der Waals surface area contributed by atoms with Gasteiger partial charge in [0.05, 0.1) is 6.54 Å². The largest absolute Gasteiger partial charge is 0.359 e. The number of likely N-dealkylation sites (tertiary alicyclic amines) is 1. The Morgan fingerprint density at radius 3 is 2.58 bits per heavy atom. The first-order valence-electron chi connectivity index (χ1n) is 8.92. The van der Waals surface area contributed by atoms with E-state index in [1.165, 1.54) is 5.56 Å². The molecule has 134 valence electrons. The van der Waals surface area contributed by atoms with Gasteiger partial charge in [0.25, 0.3) is 0 Å². The number of nitrogens with two attached hydrogens (primary N) is 1. The molecule has 0 aliphatic carbocycles. The van der Waals surface area contributed by atoms with E-state index in [-0.39, 0.29) is 0 Å². The molecular weight excluding hydrogens is 346 g/mol. The van der Waals surface area contributed by atoms with E-state index in [2.05, 4.69) is 40.4 Å². The van der Waals surface area contributed by atoms with Crippen LogP contribution in [0.3, 0.4) is 0 Å². The maximum absolute atomic E-state index is 6.04. The number of halogens is 1. The van der Waals surface area contributed by atoms with Gasteiger partial charge in [-0.1, -0.05) is 59.2 Å². The van der Waals surface area contributed by atoms with Crippen LogP contribution in [0.5, 0.6) is 0 Å². The molecule has 4 nitrogen and oxygen atoms in total. The molecule has 0 bridgehead atoms. The topological polar surface area (TPSA) is 55.3 Å². The van der Waals surface area contributed by atoms with Gasteiger partial charge >= 0.3 is 0 Å². The summed E-state index contributed by atoms with van der Waals surface area (Å²) in [5.74, 6) is 1.82. The number of aromatic nitrogens is 1. The first kappa shape index (κ1) is 17.3. The minimum Gasteiger partial charge on any atom is -0.359 e. The van der Waals surface area contributed by atoms with E-state index in [1.807, 2.05) is 30.3 Å². The quantitative estimate of drug-likeness (QED) is 0.735. The van der Waals surface area contributed by atoms with Gasteiger partial charge in [0, 0.05) is 35.7 Å². The molecule has 2 atom stereocenters. The molecule has 0 unspecified atom stereocenters. The van der Waals surface area contributed by atoms with Gasteiger partial charge in [0.15, 0.2) is 5.76 Å². The molecule has 0 spiro atoms. The third kappa shape index (κ3) is 3.68. The molecule has 5 heteroatoms. The van der Waals surface area contributed by atoms with Gasteiger partial charge in [-0.25, -0.2) is 0 Å². The van der Waals surface area contributed by atoms with E-state index in [0.29, 0.717) is 23.4 Å². The summed E-state index contributed by atoms with van der Waals surface area (Å²) in [7, 11) is 0. The second-order valence-electron chi connectivity index (χ2n) is 6.89. The van der Waals surface area contributed by atoms with Crippen molar-refractivity contribution in [3.8, 4) is 11.3 Å². The van der Waals surface area contributed by atoms with Crippen molar-refractivity contribution < 1.29 is 4.52 Å². The van der Waals surface area contributed by atoms with Crippen molar-refractivity contribution in [3.05, 3.63) is 77.0 Å². The monoisotopic (exact) mass is 367 g/mol. The summed E-state index contributed by atoms with van der Waals surface area (Å²) in [4.78, 5) is 2.40. The molecule has 3 aromatic rings. The summed E-state index contributed by atoms with van der Waals surface area (Å²) in [6.45, 7) is 3.42. The fourth-order valence-corrected chi connectivity index (χ4v) is 3.90. The van der Waals surface area contributed by atoms with Gasteiger partial charge in [-0.15, -0.1) is 0 Å². The smallest absolute Gasteiger partial charge is 0.151 e. The van der Waals surface area contributed by atoms with Crippen LogP contribution in [0.15, 0.2) is 65.2 Å². The Labute approximate surface area is 158 Å². The van der Waals surface area contributed by atoms with Gasteiger partial charge in [-0.05, 0) is 30.2 Å². The molecule has 1 aliphatic heterocycles. The Kier molecular flexibility index (Phi) is 5.07. The standard InChI is InChI=1S/C21H22ClN3O/c22-18-8-6-16(7-9-18)21-10-19(26-24-21)13-25-12-17(11-23)20(14-25)15-4-2-1-3-5-15/h1-10,17,20H,11-14,23H2/t17-,20+/m1/s1. The predicted molar refractivity (Wildman–Crippen MR) is 104 cm³/mol. The minimum atomic E-state index is 0.469. The van der Waals surface area contributed by atoms with Gasteiger partial charge in [-0.3, -0.25) is 4.90 Å². The molecule has 0 amide bonds. The van der Waals surface area contributed by atoms with Crippen LogP contribution in [-0.2, 0) is 6.54 Å². The zero-order valence-corrected chi connectivity index (χ0v) is 15.3. The van der Waals surface area contributed by atoms with Crippen LogP contribution < -0.4 is 5.73 Å². The van der Waals surface area contributed by atoms with Crippen molar-refractivity contribution in [2.24, 2.45) is 11.7 Å². The summed E-state index contributed by atoms with van der Waals surface area (Å²) in [6, 6.07) is 20.3. The van der Waals surface area contributed by atoms with Crippen LogP contribution in [-0.4, -0.2) is 29.7 Å². The fourth-order valence-electron chi connectivity index (χ4n) is 3.77. The lowest BCUT2D eigenvalue weighted by Gasteiger charge is -2.16. The van der Waals surface area contributed by atoms with Crippen molar-refractivity contribution in [2.75, 3.05) is 19.6 Å². The lowest BCUT2D eigenvalue weighted by atomic mass is 9.89. The molecular formula is C21H22ClN3O. The summed E-state index contributed by atoms with van der Waals surface area (Å²) in [6.07, 6.45) is 0. The van der Waals surface area contributed by atoms with Crippen molar-refractivity contribution in [2.45, 2.75) is 12.5 Å². The zero-order valence-electron chi connectivity index (χ0n) is 14.5. The lowest BCUT2D eigenvalue weighted by molar-refractivity contribution is 0.266. The SMILES string of the molecule is NC[C@@H]1CN(Cc2cc(-c3ccc(Cl)cc3)no2)C[C@H]1c1ccccc1. The van der Waals surface area contributed by atoms with E-state index in [9.17, 15) is 0 Å². The molecule has 1 fully saturated rings. The highest BCUT2D eigenvalue weighted by molar-refractivity contribution is 6.30. The van der Waals surface area contributed by atoms with E-state index in [0.717, 1.165) is 36.7 Å². The number of rotatable bonds is 5. The molecule has 2 aromatic carbocycles. The molecule has 2 heterocycles. The zero-order chi connectivity index (χ0) is 17.9. The first-order valence-corrected chi connectivity index (χ1v) is 9.29. The molecule has 1 aliphatic rings. The second-order valence-corrected chi connectivity index (χ2v) is 7.33. The number of nitrogens with zero attached hydrogens (tertiary/aromatic N) is 2. The van der Waals surface area contributed by atoms with Crippen molar-refractivity contribution in [1.82, 2.24) is 10.1 Å². The van der Waals surface area contributed by atoms with Crippen LogP contribution in [0.4, 0.5) is 0 Å². The van der Waals surface area contributed by atoms with Gasteiger partial charge in [0.2, 0.25) is 0 Å². The van der Waals surface area contributed by atoms with Gasteiger partial charge in [0.1, 0.15) is 5.69 Å². The molecule has 4 rings (SSSR count). The molecule has 26 heavy (non-hydrogen) atoms. The maximum atomic E-state index is 6.04. The van der Waals surface area contributed by atoms with Crippen LogP contribution in [0.1, 0.15) is 17.2 Å². The van der Waals surface area contributed by atoms with Crippen molar-refractivity contribution in [3.63, 3.8) is 0 Å². The third-order valence-electron chi connectivity index (χ3n) is 5.13. The number of hydrogen-bond acceptors (Lipinski definition) is 4. The van der Waals surface area contributed by atoms with E-state index < -0.39 is 0 Å². The fraction of sp³-hybridized carbons (Fsp3) is 0.286. The third-order valence-corrected chi connectivity index (χ3v) is 5.38. The van der Waals surface area contributed by atoms with Crippen LogP contribution in [0.25, 0.3) is 11.3 Å². The number of benzene rings is 2. The highest BCUT2D eigenvalue weighted by atomic mass is 35.5. The molecule has 2 N–H and O–H groups in total. The molecule has 1 aromatic heterocycles. The molecule has 1 saturated heterocycles. The Bertz CT molecular complexity index is 847. The highest BCUT2D eigenvalue weighted by Gasteiger charge is 2.33. The average molecular weight is 368 g/mol. The summed E-state index contributed by atoms with van der Waals surface area (Å²) >= 11 is 5.95. The van der Waals surface area contributed by atoms with Gasteiger partial charge in [-0.2, -0.15) is 0 Å². The molecule has 0 radical (unpaired) electrons. The van der Waals surface area contributed by atoms with Crippen molar-refractivity contribution >= 4 is 11.6 Å². The van der Waals surface area contributed by atoms with Crippen LogP contribution in [0, 0.1) is 5.92 Å². The summed E-state index contributed by atoms with van der Waals surface area (Å²) < 4.78 is 5.57. The summed E-state index contributed by atoms with van der Waals surface area (Å²) in [5.41, 5.74) is 9.25. The molecule has 0 saturated carbocycles. The second kappa shape index (κ2) is 7.62. The maximum Gasteiger partial charge on any atom is 0.151 e. The Hall–Kier alpha value is -2.14. The Morgan fingerprint density at radius 1 is 1.08 bits per heavy atom. The van der Waals surface area contributed by atoms with Gasteiger partial charge < -0.3 is 10.3 Å². The van der Waals surface area contributed by atoms with Crippen LogP contribution >= 0.6 is 11.6 Å². The Morgan fingerprint density at radius 2 is 1.85 bits per heavy atom. The minimum absolute atomic E-state index is 0.469. The van der Waals surface area contributed by atoms with Crippen molar-refractivity contribution in [1.29, 1.82) is 0 Å². The predicted octanol–water partition coefficient (Wildman–Crippen LogP) is 4.17. The Balaban J connectivity index is 1.46. The van der Waals surface area contributed by atoms with E-state index in [4.69, 9.17) is 21.9 Å². The average Bonchev–Trinajstić information content (AvgIpc) is 3.30. The first-order chi connectivity index (χ1) is 12.7. The number of hydrogen-bond donors (Lipinski definition) is 1. The normalized spacial score (nSPS) is 20.5. The highest BCUT2D eigenvalue weighted by Crippen LogP contribution is 2.33.